The summed E-state index contributed by atoms with van der Waals surface area (Å²) in [7, 11) is 1.02. The van der Waals surface area contributed by atoms with Crippen LogP contribution in [0.25, 0.3) is 0 Å². The molecule has 7 heteroatoms. The SMILES string of the molecule is COC(=O)[C@]1(F)[C@H]2C(=O)N(c3ccccc3)C(=O)[C@]21c1ccc(Cl)cc1. The Balaban J connectivity index is 1.89. The van der Waals surface area contributed by atoms with Crippen molar-refractivity contribution in [3.05, 3.63) is 65.2 Å². The number of rotatable bonds is 3. The van der Waals surface area contributed by atoms with Crippen LogP contribution in [0, 0.1) is 5.92 Å². The number of imide groups is 1. The van der Waals surface area contributed by atoms with Gasteiger partial charge in [-0.3, -0.25) is 9.59 Å². The minimum atomic E-state index is -2.73. The molecule has 0 unspecified atom stereocenters. The fourth-order valence-electron chi connectivity index (χ4n) is 3.94. The van der Waals surface area contributed by atoms with Crippen molar-refractivity contribution in [1.29, 1.82) is 0 Å². The average molecular weight is 374 g/mol. The van der Waals surface area contributed by atoms with Crippen LogP contribution in [0.1, 0.15) is 5.56 Å². The van der Waals surface area contributed by atoms with Gasteiger partial charge in [-0.25, -0.2) is 14.1 Å². The number of carbonyl (C=O) groups is 3. The van der Waals surface area contributed by atoms with Gasteiger partial charge in [0.15, 0.2) is 0 Å². The van der Waals surface area contributed by atoms with E-state index in [0.29, 0.717) is 10.7 Å². The predicted molar refractivity (Wildman–Crippen MR) is 91.4 cm³/mol. The van der Waals surface area contributed by atoms with Crippen LogP contribution in [-0.4, -0.2) is 30.6 Å². The number of hydrogen-bond donors (Lipinski definition) is 0. The maximum absolute atomic E-state index is 15.7. The van der Waals surface area contributed by atoms with Crippen LogP contribution in [0.2, 0.25) is 5.02 Å². The number of esters is 1. The summed E-state index contributed by atoms with van der Waals surface area (Å²) in [4.78, 5) is 39.2. The van der Waals surface area contributed by atoms with Gasteiger partial charge in [0, 0.05) is 5.02 Å². The highest BCUT2D eigenvalue weighted by Crippen LogP contribution is 2.71. The third-order valence-corrected chi connectivity index (χ3v) is 5.38. The van der Waals surface area contributed by atoms with Gasteiger partial charge in [0.1, 0.15) is 11.3 Å². The highest BCUT2D eigenvalue weighted by Gasteiger charge is 2.94. The van der Waals surface area contributed by atoms with Gasteiger partial charge >= 0.3 is 5.97 Å². The van der Waals surface area contributed by atoms with E-state index < -0.39 is 34.8 Å². The number of anilines is 1. The molecule has 0 aromatic heterocycles. The van der Waals surface area contributed by atoms with Crippen molar-refractivity contribution in [3.8, 4) is 0 Å². The van der Waals surface area contributed by atoms with E-state index >= 15 is 4.39 Å². The van der Waals surface area contributed by atoms with Crippen LogP contribution >= 0.6 is 11.6 Å². The summed E-state index contributed by atoms with van der Waals surface area (Å²) in [6.07, 6.45) is 0. The maximum Gasteiger partial charge on any atom is 0.346 e. The van der Waals surface area contributed by atoms with Gasteiger partial charge in [-0.15, -0.1) is 0 Å². The molecule has 4 rings (SSSR count). The van der Waals surface area contributed by atoms with Gasteiger partial charge in [0.05, 0.1) is 12.8 Å². The van der Waals surface area contributed by atoms with E-state index in [0.717, 1.165) is 12.0 Å². The lowest BCUT2D eigenvalue weighted by Crippen LogP contribution is -2.46. The number of piperidine rings is 1. The quantitative estimate of drug-likeness (QED) is 0.613. The normalized spacial score (nSPS) is 29.5. The third kappa shape index (κ3) is 1.77. The maximum atomic E-state index is 15.7. The topological polar surface area (TPSA) is 63.7 Å². The van der Waals surface area contributed by atoms with Crippen molar-refractivity contribution in [2.75, 3.05) is 12.0 Å². The molecule has 2 aromatic rings. The third-order valence-electron chi connectivity index (χ3n) is 5.13. The molecule has 0 N–H and O–H groups in total. The minimum absolute atomic E-state index is 0.219. The summed E-state index contributed by atoms with van der Waals surface area (Å²) in [5.41, 5.74) is -4.11. The number of methoxy groups -OCH3 is 1. The molecule has 1 saturated heterocycles. The van der Waals surface area contributed by atoms with E-state index in [2.05, 4.69) is 4.74 Å². The van der Waals surface area contributed by atoms with Crippen LogP contribution < -0.4 is 4.90 Å². The van der Waals surface area contributed by atoms with Crippen molar-refractivity contribution in [1.82, 2.24) is 0 Å². The molecule has 1 aliphatic heterocycles. The molecule has 2 fully saturated rings. The summed E-state index contributed by atoms with van der Waals surface area (Å²) >= 11 is 5.88. The number of benzene rings is 2. The zero-order valence-corrected chi connectivity index (χ0v) is 14.4. The van der Waals surface area contributed by atoms with Gasteiger partial charge in [-0.2, -0.15) is 0 Å². The summed E-state index contributed by atoms with van der Waals surface area (Å²) < 4.78 is 20.2. The summed E-state index contributed by atoms with van der Waals surface area (Å²) in [5.74, 6) is -4.24. The number of amides is 2. The van der Waals surface area contributed by atoms with E-state index in [1.807, 2.05) is 0 Å². The lowest BCUT2D eigenvalue weighted by atomic mass is 9.91. The minimum Gasteiger partial charge on any atom is -0.467 e. The molecule has 0 radical (unpaired) electrons. The van der Waals surface area contributed by atoms with Crippen LogP contribution in [0.3, 0.4) is 0 Å². The smallest absolute Gasteiger partial charge is 0.346 e. The van der Waals surface area contributed by atoms with E-state index in [9.17, 15) is 14.4 Å². The summed E-state index contributed by atoms with van der Waals surface area (Å²) in [6, 6.07) is 14.1. The zero-order chi connectivity index (χ0) is 18.7. The average Bonchev–Trinajstić information content (AvgIpc) is 3.15. The van der Waals surface area contributed by atoms with Crippen molar-refractivity contribution in [2.24, 2.45) is 5.92 Å². The fraction of sp³-hybridized carbons (Fsp3) is 0.211. The van der Waals surface area contributed by atoms with Gasteiger partial charge in [0.2, 0.25) is 17.5 Å². The van der Waals surface area contributed by atoms with E-state index in [-0.39, 0.29) is 5.56 Å². The second kappa shape index (κ2) is 5.38. The molecule has 2 aromatic carbocycles. The number of halogens is 2. The van der Waals surface area contributed by atoms with Crippen molar-refractivity contribution in [2.45, 2.75) is 11.1 Å². The first kappa shape index (κ1) is 16.7. The number of alkyl halides is 1. The summed E-state index contributed by atoms with van der Waals surface area (Å²) in [5, 5.41) is 0.390. The number of carbonyl (C=O) groups excluding carboxylic acids is 3. The monoisotopic (exact) mass is 373 g/mol. The van der Waals surface area contributed by atoms with Crippen LogP contribution in [0.5, 0.6) is 0 Å². The molecule has 5 nitrogen and oxygen atoms in total. The Morgan fingerprint density at radius 1 is 1.12 bits per heavy atom. The fourth-order valence-corrected chi connectivity index (χ4v) is 4.07. The molecule has 0 spiro atoms. The van der Waals surface area contributed by atoms with Crippen molar-refractivity contribution < 1.29 is 23.5 Å². The first-order valence-corrected chi connectivity index (χ1v) is 8.25. The second-order valence-corrected chi connectivity index (χ2v) is 6.70. The van der Waals surface area contributed by atoms with Crippen molar-refractivity contribution in [3.63, 3.8) is 0 Å². The van der Waals surface area contributed by atoms with Gasteiger partial charge in [-0.05, 0) is 29.8 Å². The molecule has 1 heterocycles. The second-order valence-electron chi connectivity index (χ2n) is 6.27. The largest absolute Gasteiger partial charge is 0.467 e. The standard InChI is InChI=1S/C19H13ClFNO4/c1-26-17(25)19(21)14-15(23)22(13-5-3-2-4-6-13)16(24)18(14,19)11-7-9-12(20)10-8-11/h2-10,14H,1H3/t14-,18-,19+/m0/s1. The summed E-state index contributed by atoms with van der Waals surface area (Å²) in [6.45, 7) is 0. The Morgan fingerprint density at radius 3 is 2.31 bits per heavy atom. The van der Waals surface area contributed by atoms with E-state index in [1.54, 1.807) is 30.3 Å². The molecule has 1 aliphatic carbocycles. The molecular formula is C19H13ClFNO4. The molecule has 3 atom stereocenters. The highest BCUT2D eigenvalue weighted by molar-refractivity contribution is 6.34. The Bertz CT molecular complexity index is 932. The first-order valence-electron chi connectivity index (χ1n) is 7.87. The Morgan fingerprint density at radius 2 is 1.73 bits per heavy atom. The molecule has 2 aliphatic rings. The van der Waals surface area contributed by atoms with Crippen LogP contribution in [-0.2, 0) is 24.5 Å². The Hall–Kier alpha value is -2.73. The van der Waals surface area contributed by atoms with E-state index in [1.165, 1.54) is 24.3 Å². The van der Waals surface area contributed by atoms with Gasteiger partial charge in [0.25, 0.3) is 0 Å². The number of hydrogen-bond acceptors (Lipinski definition) is 4. The van der Waals surface area contributed by atoms with E-state index in [4.69, 9.17) is 11.6 Å². The number of ether oxygens (including phenoxy) is 1. The molecule has 1 saturated carbocycles. The van der Waals surface area contributed by atoms with Gasteiger partial charge < -0.3 is 4.74 Å². The zero-order valence-electron chi connectivity index (χ0n) is 13.6. The molecule has 132 valence electrons. The molecule has 2 amide bonds. The first-order chi connectivity index (χ1) is 12.4. The lowest BCUT2D eigenvalue weighted by Gasteiger charge is -2.24. The van der Waals surface area contributed by atoms with Crippen LogP contribution in [0.4, 0.5) is 10.1 Å². The number of para-hydroxylation sites is 1. The number of nitrogens with zero attached hydrogens (tertiary/aromatic N) is 1. The Labute approximate surface area is 153 Å². The number of fused-ring (bicyclic) bond motifs is 1. The van der Waals surface area contributed by atoms with Gasteiger partial charge in [-0.1, -0.05) is 41.9 Å². The van der Waals surface area contributed by atoms with Crippen molar-refractivity contribution >= 4 is 35.1 Å². The molecule has 26 heavy (non-hydrogen) atoms. The highest BCUT2D eigenvalue weighted by atomic mass is 35.5. The predicted octanol–water partition coefficient (Wildman–Crippen LogP) is 2.66. The molecular weight excluding hydrogens is 361 g/mol. The lowest BCUT2D eigenvalue weighted by molar-refractivity contribution is -0.152. The van der Waals surface area contributed by atoms with Crippen LogP contribution in [0.15, 0.2) is 54.6 Å². The molecule has 0 bridgehead atoms. The Kier molecular flexibility index (Phi) is 3.46.